The number of phenolic OH excluding ortho intramolecular Hbond substituents is 2. The van der Waals surface area contributed by atoms with Gasteiger partial charge in [0.05, 0.1) is 0 Å². The van der Waals surface area contributed by atoms with Crippen LogP contribution >= 0.6 is 0 Å². The first-order valence-corrected chi connectivity index (χ1v) is 6.40. The smallest absolute Gasteiger partial charge is 0.255 e. The molecule has 0 aliphatic carbocycles. The summed E-state index contributed by atoms with van der Waals surface area (Å²) >= 11 is 0. The third-order valence-electron chi connectivity index (χ3n) is 3.00. The van der Waals surface area contributed by atoms with Gasteiger partial charge in [-0.3, -0.25) is 4.79 Å². The minimum absolute atomic E-state index is 0.148. The van der Waals surface area contributed by atoms with Gasteiger partial charge in [0.15, 0.2) is 0 Å². The van der Waals surface area contributed by atoms with Gasteiger partial charge >= 0.3 is 0 Å². The lowest BCUT2D eigenvalue weighted by molar-refractivity contribution is 0.102. The summed E-state index contributed by atoms with van der Waals surface area (Å²) in [5.74, 6) is -0.244. The maximum absolute atomic E-state index is 12.0. The molecule has 104 valence electrons. The van der Waals surface area contributed by atoms with E-state index >= 15 is 0 Å². The van der Waals surface area contributed by atoms with Gasteiger partial charge in [-0.2, -0.15) is 0 Å². The molecule has 2 aromatic rings. The molecule has 0 atom stereocenters. The van der Waals surface area contributed by atoms with E-state index < -0.39 is 0 Å². The molecule has 4 nitrogen and oxygen atoms in total. The second-order valence-electron chi connectivity index (χ2n) is 4.97. The van der Waals surface area contributed by atoms with Crippen LogP contribution in [0.3, 0.4) is 0 Å². The quantitative estimate of drug-likeness (QED) is 0.800. The first-order valence-electron chi connectivity index (χ1n) is 6.40. The van der Waals surface area contributed by atoms with Gasteiger partial charge in [-0.05, 0) is 35.7 Å². The van der Waals surface area contributed by atoms with E-state index in [0.29, 0.717) is 11.6 Å². The van der Waals surface area contributed by atoms with Gasteiger partial charge in [-0.1, -0.05) is 26.0 Å². The Morgan fingerprint density at radius 2 is 1.55 bits per heavy atom. The Labute approximate surface area is 117 Å². The van der Waals surface area contributed by atoms with E-state index in [4.69, 9.17) is 0 Å². The summed E-state index contributed by atoms with van der Waals surface area (Å²) in [7, 11) is 0. The maximum Gasteiger partial charge on any atom is 0.255 e. The van der Waals surface area contributed by atoms with E-state index in [0.717, 1.165) is 0 Å². The Hall–Kier alpha value is -2.49. The van der Waals surface area contributed by atoms with Crippen molar-refractivity contribution in [2.45, 2.75) is 19.8 Å². The summed E-state index contributed by atoms with van der Waals surface area (Å²) in [5.41, 5.74) is 2.07. The van der Waals surface area contributed by atoms with Crippen molar-refractivity contribution in [2.75, 3.05) is 5.32 Å². The zero-order chi connectivity index (χ0) is 14.7. The highest BCUT2D eigenvalue weighted by Gasteiger charge is 2.09. The molecule has 0 saturated heterocycles. The van der Waals surface area contributed by atoms with Crippen molar-refractivity contribution in [1.29, 1.82) is 0 Å². The normalized spacial score (nSPS) is 10.6. The molecule has 4 heteroatoms. The summed E-state index contributed by atoms with van der Waals surface area (Å²) in [6, 6.07) is 11.4. The van der Waals surface area contributed by atoms with Gasteiger partial charge in [-0.25, -0.2) is 0 Å². The van der Waals surface area contributed by atoms with Crippen molar-refractivity contribution in [2.24, 2.45) is 0 Å². The van der Waals surface area contributed by atoms with Crippen molar-refractivity contribution in [3.8, 4) is 11.5 Å². The Balaban J connectivity index is 2.14. The lowest BCUT2D eigenvalue weighted by Crippen LogP contribution is -2.11. The predicted octanol–water partition coefficient (Wildman–Crippen LogP) is 3.47. The molecule has 0 radical (unpaired) electrons. The topological polar surface area (TPSA) is 69.6 Å². The number of aromatic hydroxyl groups is 2. The lowest BCUT2D eigenvalue weighted by Gasteiger charge is -2.09. The third kappa shape index (κ3) is 3.29. The molecule has 3 N–H and O–H groups in total. The molecule has 0 heterocycles. The zero-order valence-corrected chi connectivity index (χ0v) is 11.4. The fraction of sp³-hybridized carbons (Fsp3) is 0.188. The van der Waals surface area contributed by atoms with Crippen LogP contribution in [0.2, 0.25) is 0 Å². The minimum atomic E-state index is -0.381. The predicted molar refractivity (Wildman–Crippen MR) is 78.3 cm³/mol. The fourth-order valence-corrected chi connectivity index (χ4v) is 1.88. The second kappa shape index (κ2) is 5.65. The van der Waals surface area contributed by atoms with Crippen molar-refractivity contribution in [1.82, 2.24) is 0 Å². The first-order chi connectivity index (χ1) is 9.45. The van der Waals surface area contributed by atoms with Gasteiger partial charge < -0.3 is 15.5 Å². The number of anilines is 1. The first kappa shape index (κ1) is 13.9. The van der Waals surface area contributed by atoms with Gasteiger partial charge in [0.2, 0.25) is 0 Å². The van der Waals surface area contributed by atoms with E-state index in [1.165, 1.54) is 23.8 Å². The van der Waals surface area contributed by atoms with E-state index in [-0.39, 0.29) is 23.0 Å². The number of nitrogens with one attached hydrogen (secondary N) is 1. The molecule has 0 aliphatic rings. The van der Waals surface area contributed by atoms with E-state index in [1.807, 2.05) is 24.3 Å². The Morgan fingerprint density at radius 1 is 1.00 bits per heavy atom. The van der Waals surface area contributed by atoms with Gasteiger partial charge in [0.25, 0.3) is 5.91 Å². The highest BCUT2D eigenvalue weighted by molar-refractivity contribution is 6.04. The Morgan fingerprint density at radius 3 is 2.05 bits per heavy atom. The van der Waals surface area contributed by atoms with Crippen LogP contribution in [0.5, 0.6) is 11.5 Å². The highest BCUT2D eigenvalue weighted by atomic mass is 16.3. The van der Waals surface area contributed by atoms with Crippen LogP contribution in [0.4, 0.5) is 5.69 Å². The lowest BCUT2D eigenvalue weighted by atomic mass is 10.0. The summed E-state index contributed by atoms with van der Waals surface area (Å²) in [5, 5.41) is 21.5. The zero-order valence-electron chi connectivity index (χ0n) is 11.4. The minimum Gasteiger partial charge on any atom is -0.508 e. The number of rotatable bonds is 3. The molecule has 0 saturated carbocycles. The molecular formula is C16H17NO3. The van der Waals surface area contributed by atoms with E-state index in [9.17, 15) is 15.0 Å². The fourth-order valence-electron chi connectivity index (χ4n) is 1.88. The van der Waals surface area contributed by atoms with Crippen molar-refractivity contribution < 1.29 is 15.0 Å². The largest absolute Gasteiger partial charge is 0.508 e. The number of benzene rings is 2. The molecule has 0 bridgehead atoms. The van der Waals surface area contributed by atoms with E-state index in [2.05, 4.69) is 19.2 Å². The van der Waals surface area contributed by atoms with Crippen molar-refractivity contribution in [3.05, 3.63) is 53.6 Å². The number of hydrogen-bond acceptors (Lipinski definition) is 3. The third-order valence-corrected chi connectivity index (χ3v) is 3.00. The number of hydrogen-bond donors (Lipinski definition) is 3. The van der Waals surface area contributed by atoms with Crippen LogP contribution in [0, 0.1) is 0 Å². The average Bonchev–Trinajstić information content (AvgIpc) is 2.38. The van der Waals surface area contributed by atoms with Crippen molar-refractivity contribution in [3.63, 3.8) is 0 Å². The highest BCUT2D eigenvalue weighted by Crippen LogP contribution is 2.22. The maximum atomic E-state index is 12.0. The number of amides is 1. The van der Waals surface area contributed by atoms with E-state index in [1.54, 1.807) is 0 Å². The van der Waals surface area contributed by atoms with Gasteiger partial charge in [0.1, 0.15) is 11.5 Å². The summed E-state index contributed by atoms with van der Waals surface area (Å²) < 4.78 is 0. The van der Waals surface area contributed by atoms with Crippen LogP contribution in [0.15, 0.2) is 42.5 Å². The van der Waals surface area contributed by atoms with Crippen LogP contribution in [0.25, 0.3) is 0 Å². The van der Waals surface area contributed by atoms with Crippen LogP contribution in [-0.4, -0.2) is 16.1 Å². The molecule has 1 amide bonds. The van der Waals surface area contributed by atoms with Crippen LogP contribution < -0.4 is 5.32 Å². The van der Waals surface area contributed by atoms with Crippen LogP contribution in [-0.2, 0) is 0 Å². The molecule has 0 aliphatic heterocycles. The second-order valence-corrected chi connectivity index (χ2v) is 4.97. The average molecular weight is 271 g/mol. The van der Waals surface area contributed by atoms with Crippen LogP contribution in [0.1, 0.15) is 35.7 Å². The van der Waals surface area contributed by atoms with Gasteiger partial charge in [0, 0.05) is 17.3 Å². The molecular weight excluding hydrogens is 254 g/mol. The molecule has 2 aromatic carbocycles. The monoisotopic (exact) mass is 271 g/mol. The number of phenols is 2. The van der Waals surface area contributed by atoms with Gasteiger partial charge in [-0.15, -0.1) is 0 Å². The molecule has 2 rings (SSSR count). The summed E-state index contributed by atoms with van der Waals surface area (Å²) in [6.07, 6.45) is 0. The Bertz CT molecular complexity index is 598. The molecule has 0 fully saturated rings. The van der Waals surface area contributed by atoms with Crippen molar-refractivity contribution >= 4 is 11.6 Å². The Kier molecular flexibility index (Phi) is 3.94. The molecule has 20 heavy (non-hydrogen) atoms. The summed E-state index contributed by atoms with van der Waals surface area (Å²) in [4.78, 5) is 12.0. The molecule has 0 unspecified atom stereocenters. The molecule has 0 spiro atoms. The number of carbonyl (C=O) groups excluding carboxylic acids is 1. The SMILES string of the molecule is CC(C)c1ccc(NC(=O)c2cc(O)cc(O)c2)cc1. The number of carbonyl (C=O) groups is 1. The standard InChI is InChI=1S/C16H17NO3/c1-10(2)11-3-5-13(6-4-11)17-16(20)12-7-14(18)9-15(19)8-12/h3-10,18-19H,1-2H3,(H,17,20). The summed E-state index contributed by atoms with van der Waals surface area (Å²) in [6.45, 7) is 4.20. The molecule has 0 aromatic heterocycles.